The van der Waals surface area contributed by atoms with Crippen LogP contribution in [0.3, 0.4) is 0 Å². The average molecular weight is 220 g/mol. The molecule has 2 rings (SSSR count). The second kappa shape index (κ2) is 4.83. The molecule has 0 saturated carbocycles. The summed E-state index contributed by atoms with van der Waals surface area (Å²) >= 11 is 0. The second-order valence-electron chi connectivity index (χ2n) is 4.46. The molecule has 0 radical (unpaired) electrons. The van der Waals surface area contributed by atoms with Crippen LogP contribution in [0.4, 0.5) is 0 Å². The van der Waals surface area contributed by atoms with Gasteiger partial charge >= 0.3 is 0 Å². The van der Waals surface area contributed by atoms with Crippen LogP contribution in [0.15, 0.2) is 10.9 Å². The summed E-state index contributed by atoms with van der Waals surface area (Å²) < 4.78 is 1.92. The molecule has 1 aliphatic rings. The van der Waals surface area contributed by atoms with Crippen molar-refractivity contribution in [2.45, 2.75) is 52.1 Å². The quantitative estimate of drug-likeness (QED) is 0.769. The van der Waals surface area contributed by atoms with Gasteiger partial charge in [0, 0.05) is 24.3 Å². The summed E-state index contributed by atoms with van der Waals surface area (Å²) in [5.41, 5.74) is 9.11. The van der Waals surface area contributed by atoms with Gasteiger partial charge in [-0.1, -0.05) is 6.42 Å². The van der Waals surface area contributed by atoms with Crippen LogP contribution in [-0.2, 0) is 25.9 Å². The van der Waals surface area contributed by atoms with E-state index in [0.29, 0.717) is 6.54 Å². The fraction of sp³-hybridized carbons (Fsp3) is 0.615. The van der Waals surface area contributed by atoms with Gasteiger partial charge in [0.2, 0.25) is 0 Å². The first kappa shape index (κ1) is 11.4. The average Bonchev–Trinajstić information content (AvgIpc) is 2.53. The summed E-state index contributed by atoms with van der Waals surface area (Å²) in [5, 5.41) is 0. The zero-order valence-electron chi connectivity index (χ0n) is 9.96. The molecule has 0 aliphatic heterocycles. The molecule has 88 valence electrons. The molecule has 1 heterocycles. The minimum Gasteiger partial charge on any atom is -0.326 e. The highest BCUT2D eigenvalue weighted by molar-refractivity contribution is 5.28. The zero-order chi connectivity index (χ0) is 11.5. The molecule has 0 amide bonds. The summed E-state index contributed by atoms with van der Waals surface area (Å²) in [6.07, 6.45) is 5.85. The van der Waals surface area contributed by atoms with Crippen molar-refractivity contribution in [1.82, 2.24) is 4.57 Å². The molecule has 1 aromatic rings. The Hall–Kier alpha value is -1.09. The lowest BCUT2D eigenvalue weighted by molar-refractivity contribution is 0.643. The van der Waals surface area contributed by atoms with E-state index in [2.05, 4.69) is 0 Å². The Balaban J connectivity index is 2.60. The number of aromatic nitrogens is 1. The Morgan fingerprint density at radius 1 is 1.31 bits per heavy atom. The Labute approximate surface area is 96.3 Å². The van der Waals surface area contributed by atoms with E-state index in [9.17, 15) is 4.79 Å². The van der Waals surface area contributed by atoms with E-state index in [1.54, 1.807) is 0 Å². The largest absolute Gasteiger partial charge is 0.326 e. The van der Waals surface area contributed by atoms with Gasteiger partial charge in [0.15, 0.2) is 0 Å². The standard InChI is InChI=1S/C13H20N2O/c1-2-15-12-7-5-3-4-6-10(12)8-11(9-14)13(15)16/h8H,2-7,9,14H2,1H3. The second-order valence-corrected chi connectivity index (χ2v) is 4.46. The van der Waals surface area contributed by atoms with Gasteiger partial charge in [-0.2, -0.15) is 0 Å². The van der Waals surface area contributed by atoms with Crippen molar-refractivity contribution in [3.8, 4) is 0 Å². The maximum Gasteiger partial charge on any atom is 0.255 e. The van der Waals surface area contributed by atoms with Crippen molar-refractivity contribution in [1.29, 1.82) is 0 Å². The molecule has 0 aromatic carbocycles. The number of aryl methyl sites for hydroxylation is 1. The maximum absolute atomic E-state index is 12.1. The summed E-state index contributed by atoms with van der Waals surface area (Å²) in [6, 6.07) is 2.04. The van der Waals surface area contributed by atoms with Crippen LogP contribution in [0.5, 0.6) is 0 Å². The van der Waals surface area contributed by atoms with E-state index in [-0.39, 0.29) is 5.56 Å². The highest BCUT2D eigenvalue weighted by atomic mass is 16.1. The van der Waals surface area contributed by atoms with Crippen LogP contribution < -0.4 is 11.3 Å². The van der Waals surface area contributed by atoms with Crippen LogP contribution in [0, 0.1) is 0 Å². The van der Waals surface area contributed by atoms with Crippen LogP contribution in [0.1, 0.15) is 43.0 Å². The fourth-order valence-corrected chi connectivity index (χ4v) is 2.60. The van der Waals surface area contributed by atoms with Gasteiger partial charge in [-0.15, -0.1) is 0 Å². The Morgan fingerprint density at radius 2 is 2.06 bits per heavy atom. The SMILES string of the molecule is CCn1c2c(cc(CN)c1=O)CCCCC2. The van der Waals surface area contributed by atoms with E-state index < -0.39 is 0 Å². The molecule has 0 atom stereocenters. The number of fused-ring (bicyclic) bond motifs is 1. The number of hydrogen-bond acceptors (Lipinski definition) is 2. The Bertz CT molecular complexity index is 434. The molecule has 0 saturated heterocycles. The van der Waals surface area contributed by atoms with Gasteiger partial charge in [-0.25, -0.2) is 0 Å². The van der Waals surface area contributed by atoms with Crippen molar-refractivity contribution in [3.05, 3.63) is 33.2 Å². The monoisotopic (exact) mass is 220 g/mol. The van der Waals surface area contributed by atoms with E-state index >= 15 is 0 Å². The van der Waals surface area contributed by atoms with E-state index in [1.807, 2.05) is 17.6 Å². The van der Waals surface area contributed by atoms with Gasteiger partial charge < -0.3 is 10.3 Å². The molecular weight excluding hydrogens is 200 g/mol. The van der Waals surface area contributed by atoms with Crippen LogP contribution in [0.2, 0.25) is 0 Å². The van der Waals surface area contributed by atoms with Gasteiger partial charge in [-0.05, 0) is 44.2 Å². The van der Waals surface area contributed by atoms with Gasteiger partial charge in [0.05, 0.1) is 0 Å². The molecule has 3 heteroatoms. The highest BCUT2D eigenvalue weighted by Gasteiger charge is 2.14. The molecule has 16 heavy (non-hydrogen) atoms. The lowest BCUT2D eigenvalue weighted by Gasteiger charge is -2.15. The number of rotatable bonds is 2. The lowest BCUT2D eigenvalue weighted by atomic mass is 10.1. The molecule has 0 spiro atoms. The molecule has 3 nitrogen and oxygen atoms in total. The molecule has 1 aliphatic carbocycles. The Kier molecular flexibility index (Phi) is 3.44. The minimum atomic E-state index is 0.116. The predicted octanol–water partition coefficient (Wildman–Crippen LogP) is 1.60. The normalized spacial score (nSPS) is 15.6. The molecular formula is C13H20N2O. The van der Waals surface area contributed by atoms with Crippen molar-refractivity contribution in [2.75, 3.05) is 0 Å². The van der Waals surface area contributed by atoms with E-state index in [4.69, 9.17) is 5.73 Å². The first-order valence-electron chi connectivity index (χ1n) is 6.22. The Morgan fingerprint density at radius 3 is 2.75 bits per heavy atom. The van der Waals surface area contributed by atoms with E-state index in [1.165, 1.54) is 30.5 Å². The third-order valence-electron chi connectivity index (χ3n) is 3.46. The first-order valence-corrected chi connectivity index (χ1v) is 6.22. The number of nitrogens with two attached hydrogens (primary N) is 1. The van der Waals surface area contributed by atoms with Crippen LogP contribution in [-0.4, -0.2) is 4.57 Å². The highest BCUT2D eigenvalue weighted by Crippen LogP contribution is 2.20. The van der Waals surface area contributed by atoms with E-state index in [0.717, 1.165) is 24.9 Å². The van der Waals surface area contributed by atoms with Gasteiger partial charge in [-0.3, -0.25) is 4.79 Å². The van der Waals surface area contributed by atoms with Gasteiger partial charge in [0.25, 0.3) is 5.56 Å². The fourth-order valence-electron chi connectivity index (χ4n) is 2.60. The first-order chi connectivity index (χ1) is 7.77. The zero-order valence-corrected chi connectivity index (χ0v) is 9.96. The number of hydrogen-bond donors (Lipinski definition) is 1. The van der Waals surface area contributed by atoms with Crippen molar-refractivity contribution < 1.29 is 0 Å². The summed E-state index contributed by atoms with van der Waals surface area (Å²) in [4.78, 5) is 12.1. The van der Waals surface area contributed by atoms with Gasteiger partial charge in [0.1, 0.15) is 0 Å². The molecule has 0 unspecified atom stereocenters. The third-order valence-corrected chi connectivity index (χ3v) is 3.46. The molecule has 2 N–H and O–H groups in total. The number of pyridine rings is 1. The molecule has 0 bridgehead atoms. The summed E-state index contributed by atoms with van der Waals surface area (Å²) in [7, 11) is 0. The van der Waals surface area contributed by atoms with Crippen LogP contribution >= 0.6 is 0 Å². The van der Waals surface area contributed by atoms with Crippen molar-refractivity contribution in [3.63, 3.8) is 0 Å². The maximum atomic E-state index is 12.1. The van der Waals surface area contributed by atoms with Crippen molar-refractivity contribution in [2.24, 2.45) is 5.73 Å². The minimum absolute atomic E-state index is 0.116. The summed E-state index contributed by atoms with van der Waals surface area (Å²) in [5.74, 6) is 0. The third kappa shape index (κ3) is 1.92. The van der Waals surface area contributed by atoms with Crippen molar-refractivity contribution >= 4 is 0 Å². The topological polar surface area (TPSA) is 48.0 Å². The van der Waals surface area contributed by atoms with Crippen LogP contribution in [0.25, 0.3) is 0 Å². The molecule has 1 aromatic heterocycles. The molecule has 0 fully saturated rings. The lowest BCUT2D eigenvalue weighted by Crippen LogP contribution is -2.28. The smallest absolute Gasteiger partial charge is 0.255 e. The predicted molar refractivity (Wildman–Crippen MR) is 65.5 cm³/mol. The number of nitrogens with zero attached hydrogens (tertiary/aromatic N) is 1. The summed E-state index contributed by atoms with van der Waals surface area (Å²) in [6.45, 7) is 3.15.